The summed E-state index contributed by atoms with van der Waals surface area (Å²) in [7, 11) is 0. The van der Waals surface area contributed by atoms with Crippen LogP contribution in [-0.2, 0) is 6.54 Å². The Hall–Kier alpha value is -1.79. The second-order valence-electron chi connectivity index (χ2n) is 5.21. The molecule has 2 aromatic rings. The second kappa shape index (κ2) is 7.72. The normalized spacial score (nSPS) is 10.8. The highest BCUT2D eigenvalue weighted by molar-refractivity contribution is 5.81. The van der Waals surface area contributed by atoms with Crippen LogP contribution in [0.4, 0.5) is 0 Å². The Morgan fingerprint density at radius 2 is 2.05 bits per heavy atom. The third-order valence-electron chi connectivity index (χ3n) is 3.64. The van der Waals surface area contributed by atoms with Crippen molar-refractivity contribution in [2.75, 3.05) is 13.1 Å². The van der Waals surface area contributed by atoms with Gasteiger partial charge >= 0.3 is 0 Å². The number of hydrogen-bond donors (Lipinski definition) is 1. The van der Waals surface area contributed by atoms with Gasteiger partial charge in [0.25, 0.3) is 0 Å². The van der Waals surface area contributed by atoms with Crippen molar-refractivity contribution >= 4 is 10.9 Å². The van der Waals surface area contributed by atoms with E-state index in [4.69, 9.17) is 5.26 Å². The third kappa shape index (κ3) is 3.85. The Labute approximate surface area is 121 Å². The highest BCUT2D eigenvalue weighted by atomic mass is 15.0. The number of nitrogens with one attached hydrogen (secondary N) is 1. The average molecular weight is 269 g/mol. The van der Waals surface area contributed by atoms with E-state index in [-0.39, 0.29) is 0 Å². The van der Waals surface area contributed by atoms with Gasteiger partial charge in [0.05, 0.1) is 11.6 Å². The van der Waals surface area contributed by atoms with Crippen molar-refractivity contribution in [2.24, 2.45) is 0 Å². The molecule has 0 spiro atoms. The molecular weight excluding hydrogens is 246 g/mol. The van der Waals surface area contributed by atoms with Crippen LogP contribution in [0.5, 0.6) is 0 Å². The molecule has 106 valence electrons. The van der Waals surface area contributed by atoms with E-state index in [1.807, 2.05) is 18.2 Å². The van der Waals surface area contributed by atoms with Crippen LogP contribution in [-0.4, -0.2) is 17.7 Å². The van der Waals surface area contributed by atoms with Gasteiger partial charge in [-0.15, -0.1) is 0 Å². The minimum atomic E-state index is 0.727. The van der Waals surface area contributed by atoms with Crippen LogP contribution < -0.4 is 5.32 Å². The van der Waals surface area contributed by atoms with Crippen molar-refractivity contribution in [2.45, 2.75) is 39.2 Å². The maximum Gasteiger partial charge on any atom is 0.0992 e. The fraction of sp³-hybridized carbons (Fsp3) is 0.471. The van der Waals surface area contributed by atoms with E-state index >= 15 is 0 Å². The van der Waals surface area contributed by atoms with Gasteiger partial charge in [0, 0.05) is 24.8 Å². The standard InChI is InChI=1S/C17H23N3/c1-2-3-4-5-9-19-10-12-20-11-8-16-7-6-15(14-18)13-17(16)20/h6-8,11,13,19H,2-5,9-10,12H2,1H3. The summed E-state index contributed by atoms with van der Waals surface area (Å²) >= 11 is 0. The SMILES string of the molecule is CCCCCCNCCn1ccc2ccc(C#N)cc21. The maximum absolute atomic E-state index is 8.97. The van der Waals surface area contributed by atoms with Crippen LogP contribution >= 0.6 is 0 Å². The van der Waals surface area contributed by atoms with Gasteiger partial charge in [-0.2, -0.15) is 5.26 Å². The minimum absolute atomic E-state index is 0.727. The zero-order chi connectivity index (χ0) is 14.2. The van der Waals surface area contributed by atoms with E-state index in [0.29, 0.717) is 0 Å². The van der Waals surface area contributed by atoms with Crippen molar-refractivity contribution in [3.05, 3.63) is 36.0 Å². The number of nitrogens with zero attached hydrogens (tertiary/aromatic N) is 2. The summed E-state index contributed by atoms with van der Waals surface area (Å²) in [4.78, 5) is 0. The average Bonchev–Trinajstić information content (AvgIpc) is 2.88. The number of nitriles is 1. The minimum Gasteiger partial charge on any atom is -0.346 e. The lowest BCUT2D eigenvalue weighted by atomic mass is 10.2. The molecule has 0 radical (unpaired) electrons. The Bertz CT molecular complexity index is 577. The predicted octanol–water partition coefficient (Wildman–Crippen LogP) is 3.68. The maximum atomic E-state index is 8.97. The summed E-state index contributed by atoms with van der Waals surface area (Å²) < 4.78 is 2.22. The first-order chi connectivity index (χ1) is 9.85. The van der Waals surface area contributed by atoms with Crippen LogP contribution in [0.2, 0.25) is 0 Å². The Kier molecular flexibility index (Phi) is 5.64. The van der Waals surface area contributed by atoms with Crippen LogP contribution in [0.3, 0.4) is 0 Å². The molecule has 1 N–H and O–H groups in total. The third-order valence-corrected chi connectivity index (χ3v) is 3.64. The molecule has 20 heavy (non-hydrogen) atoms. The number of hydrogen-bond acceptors (Lipinski definition) is 2. The van der Waals surface area contributed by atoms with Gasteiger partial charge in [-0.3, -0.25) is 0 Å². The first kappa shape index (κ1) is 14.6. The highest BCUT2D eigenvalue weighted by Gasteiger charge is 2.01. The molecule has 1 heterocycles. The molecular formula is C17H23N3. The molecule has 3 nitrogen and oxygen atoms in total. The van der Waals surface area contributed by atoms with E-state index < -0.39 is 0 Å². The van der Waals surface area contributed by atoms with Crippen molar-refractivity contribution in [3.8, 4) is 6.07 Å². The van der Waals surface area contributed by atoms with Crippen LogP contribution in [0.15, 0.2) is 30.5 Å². The Balaban J connectivity index is 1.83. The van der Waals surface area contributed by atoms with Crippen molar-refractivity contribution < 1.29 is 0 Å². The van der Waals surface area contributed by atoms with Gasteiger partial charge in [-0.05, 0) is 36.6 Å². The van der Waals surface area contributed by atoms with E-state index in [1.54, 1.807) is 0 Å². The van der Waals surface area contributed by atoms with E-state index in [0.717, 1.165) is 30.7 Å². The van der Waals surface area contributed by atoms with Gasteiger partial charge < -0.3 is 9.88 Å². The van der Waals surface area contributed by atoms with Crippen LogP contribution in [0.1, 0.15) is 38.2 Å². The molecule has 0 atom stereocenters. The molecule has 0 saturated heterocycles. The molecule has 0 aliphatic heterocycles. The smallest absolute Gasteiger partial charge is 0.0992 e. The molecule has 0 saturated carbocycles. The Morgan fingerprint density at radius 1 is 1.15 bits per heavy atom. The first-order valence-corrected chi connectivity index (χ1v) is 7.55. The summed E-state index contributed by atoms with van der Waals surface area (Å²) in [5.74, 6) is 0. The lowest BCUT2D eigenvalue weighted by molar-refractivity contribution is 0.567. The fourth-order valence-electron chi connectivity index (χ4n) is 2.45. The van der Waals surface area contributed by atoms with E-state index in [2.05, 4.69) is 35.1 Å². The van der Waals surface area contributed by atoms with Crippen LogP contribution in [0, 0.1) is 11.3 Å². The largest absolute Gasteiger partial charge is 0.346 e. The van der Waals surface area contributed by atoms with E-state index in [1.165, 1.54) is 31.1 Å². The highest BCUT2D eigenvalue weighted by Crippen LogP contribution is 2.17. The number of rotatable bonds is 8. The van der Waals surface area contributed by atoms with Gasteiger partial charge in [0.1, 0.15) is 0 Å². The molecule has 1 aromatic carbocycles. The van der Waals surface area contributed by atoms with Gasteiger partial charge in [0.2, 0.25) is 0 Å². The van der Waals surface area contributed by atoms with Crippen LogP contribution in [0.25, 0.3) is 10.9 Å². The molecule has 0 fully saturated rings. The number of unbranched alkanes of at least 4 members (excludes halogenated alkanes) is 3. The number of aromatic nitrogens is 1. The molecule has 0 aliphatic rings. The summed E-state index contributed by atoms with van der Waals surface area (Å²) in [5, 5.41) is 13.7. The molecule has 0 aliphatic carbocycles. The monoisotopic (exact) mass is 269 g/mol. The van der Waals surface area contributed by atoms with Crippen molar-refractivity contribution in [1.29, 1.82) is 5.26 Å². The lowest BCUT2D eigenvalue weighted by Gasteiger charge is -2.07. The molecule has 2 rings (SSSR count). The summed E-state index contributed by atoms with van der Waals surface area (Å²) in [6.45, 7) is 5.27. The fourth-order valence-corrected chi connectivity index (χ4v) is 2.45. The van der Waals surface area contributed by atoms with Crippen molar-refractivity contribution in [3.63, 3.8) is 0 Å². The van der Waals surface area contributed by atoms with Crippen molar-refractivity contribution in [1.82, 2.24) is 9.88 Å². The zero-order valence-corrected chi connectivity index (χ0v) is 12.2. The Morgan fingerprint density at radius 3 is 2.85 bits per heavy atom. The quantitative estimate of drug-likeness (QED) is 0.743. The predicted molar refractivity (Wildman–Crippen MR) is 83.7 cm³/mol. The molecule has 0 amide bonds. The lowest BCUT2D eigenvalue weighted by Crippen LogP contribution is -2.20. The summed E-state index contributed by atoms with van der Waals surface area (Å²) in [5.41, 5.74) is 1.88. The number of benzene rings is 1. The zero-order valence-electron chi connectivity index (χ0n) is 12.2. The summed E-state index contributed by atoms with van der Waals surface area (Å²) in [6.07, 6.45) is 7.31. The molecule has 3 heteroatoms. The number of fused-ring (bicyclic) bond motifs is 1. The van der Waals surface area contributed by atoms with Gasteiger partial charge in [0.15, 0.2) is 0 Å². The van der Waals surface area contributed by atoms with Gasteiger partial charge in [-0.1, -0.05) is 32.3 Å². The topological polar surface area (TPSA) is 40.8 Å². The molecule has 1 aromatic heterocycles. The summed E-state index contributed by atoms with van der Waals surface area (Å²) in [6, 6.07) is 10.2. The van der Waals surface area contributed by atoms with E-state index in [9.17, 15) is 0 Å². The molecule has 0 bridgehead atoms. The first-order valence-electron chi connectivity index (χ1n) is 7.55. The van der Waals surface area contributed by atoms with Gasteiger partial charge in [-0.25, -0.2) is 0 Å². The molecule has 0 unspecified atom stereocenters. The second-order valence-corrected chi connectivity index (χ2v) is 5.21.